The van der Waals surface area contributed by atoms with Crippen molar-refractivity contribution in [3.8, 4) is 0 Å². The third kappa shape index (κ3) is 12.7. The van der Waals surface area contributed by atoms with Crippen molar-refractivity contribution in [2.75, 3.05) is 13.2 Å². The van der Waals surface area contributed by atoms with Crippen LogP contribution in [0.3, 0.4) is 0 Å². The largest absolute Gasteiger partial charge is 0.481 e. The molecule has 5 rings (SSSR count). The van der Waals surface area contributed by atoms with Gasteiger partial charge in [-0.05, 0) is 104 Å². The molecule has 0 aromatic rings. The third-order valence-corrected chi connectivity index (χ3v) is 20.0. The zero-order valence-electron chi connectivity index (χ0n) is 43.5. The molecule has 0 heterocycles. The van der Waals surface area contributed by atoms with Crippen LogP contribution < -0.4 is 0 Å². The van der Waals surface area contributed by atoms with E-state index in [2.05, 4.69) is 47.6 Å². The molecule has 0 radical (unpaired) electrons. The van der Waals surface area contributed by atoms with Crippen LogP contribution in [0.2, 0.25) is 0 Å². The smallest absolute Gasteiger partial charge is 0.312 e. The van der Waals surface area contributed by atoms with Crippen molar-refractivity contribution in [1.29, 1.82) is 0 Å². The van der Waals surface area contributed by atoms with Gasteiger partial charge < -0.3 is 30.3 Å². The molecule has 0 amide bonds. The van der Waals surface area contributed by atoms with E-state index < -0.39 is 41.1 Å². The van der Waals surface area contributed by atoms with Crippen molar-refractivity contribution in [3.63, 3.8) is 0 Å². The lowest BCUT2D eigenvalue weighted by Crippen LogP contribution is -2.69. The first-order valence-electron chi connectivity index (χ1n) is 28.2. The van der Waals surface area contributed by atoms with E-state index in [1.165, 1.54) is 140 Å². The molecule has 66 heavy (non-hydrogen) atoms. The third-order valence-electron chi connectivity index (χ3n) is 20.0. The number of allylic oxidation sites excluding steroid dienone is 2. The number of aliphatic hydroxyl groups is 3. The second-order valence-electron chi connectivity index (χ2n) is 25.0. The van der Waals surface area contributed by atoms with Crippen molar-refractivity contribution in [2.24, 2.45) is 50.2 Å². The van der Waals surface area contributed by atoms with Gasteiger partial charge in [-0.1, -0.05) is 201 Å². The average molecular weight is 927 g/mol. The molecule has 0 spiro atoms. The van der Waals surface area contributed by atoms with Gasteiger partial charge in [-0.25, -0.2) is 0 Å². The number of carboxylic acids is 2. The van der Waals surface area contributed by atoms with Gasteiger partial charge in [0.05, 0.1) is 24.9 Å². The lowest BCUT2D eigenvalue weighted by Gasteiger charge is -2.72. The summed E-state index contributed by atoms with van der Waals surface area (Å²) in [6.45, 7) is 14.4. The molecule has 11 atom stereocenters. The summed E-state index contributed by atoms with van der Waals surface area (Å²) >= 11 is 0. The van der Waals surface area contributed by atoms with Crippen LogP contribution in [0.1, 0.15) is 260 Å². The zero-order chi connectivity index (χ0) is 48.1. The number of aliphatic hydroxyl groups excluding tert-OH is 3. The number of carboxylic acid groups (broad SMARTS) is 2. The van der Waals surface area contributed by atoms with Gasteiger partial charge in [-0.15, -0.1) is 0 Å². The Kier molecular flexibility index (Phi) is 21.1. The standard InChI is InChI=1S/C58H102O8/c1-53(2)37-38-58(52(64)65)45(40-53)44-33-34-48-54(3)41-46(60)51(55(4,43-59)47(54)35-36-56(48,5)57(44,6)42-49(58)61)66-39-31-29-27-25-23-21-19-17-15-13-11-9-7-8-10-12-14-16-18-20-22-24-26-28-30-32-50(62)63/h33,45-49,51,59-61H,7-32,34-43H2,1-6H3,(H,62,63)(H,64,65). The van der Waals surface area contributed by atoms with Crippen LogP contribution in [0.5, 0.6) is 0 Å². The number of ether oxygens (including phenoxy) is 1. The van der Waals surface area contributed by atoms with Gasteiger partial charge in [-0.3, -0.25) is 9.59 Å². The molecule has 382 valence electrons. The van der Waals surface area contributed by atoms with Gasteiger partial charge in [0.25, 0.3) is 0 Å². The topological polar surface area (TPSA) is 145 Å². The van der Waals surface area contributed by atoms with E-state index in [0.717, 1.165) is 57.8 Å². The summed E-state index contributed by atoms with van der Waals surface area (Å²) in [5.41, 5.74) is -1.13. The lowest BCUT2D eigenvalue weighted by atomic mass is 9.33. The molecular formula is C58H102O8. The van der Waals surface area contributed by atoms with Gasteiger partial charge in [0.15, 0.2) is 0 Å². The molecule has 5 aliphatic rings. The summed E-state index contributed by atoms with van der Waals surface area (Å²) in [5, 5.41) is 54.6. The minimum atomic E-state index is -1.12. The second kappa shape index (κ2) is 25.1. The predicted molar refractivity (Wildman–Crippen MR) is 268 cm³/mol. The van der Waals surface area contributed by atoms with E-state index in [9.17, 15) is 30.0 Å². The maximum Gasteiger partial charge on any atom is 0.312 e. The molecule has 5 aliphatic carbocycles. The molecular weight excluding hydrogens is 825 g/mol. The summed E-state index contributed by atoms with van der Waals surface area (Å²) < 4.78 is 6.63. The van der Waals surface area contributed by atoms with Gasteiger partial charge >= 0.3 is 11.9 Å². The fourth-order valence-electron chi connectivity index (χ4n) is 15.8. The molecule has 11 unspecified atom stereocenters. The van der Waals surface area contributed by atoms with E-state index in [4.69, 9.17) is 9.84 Å². The highest BCUT2D eigenvalue weighted by atomic mass is 16.5. The van der Waals surface area contributed by atoms with E-state index in [0.29, 0.717) is 32.3 Å². The molecule has 0 aromatic heterocycles. The summed E-state index contributed by atoms with van der Waals surface area (Å²) in [6, 6.07) is 0. The van der Waals surface area contributed by atoms with Crippen LogP contribution in [0.4, 0.5) is 0 Å². The average Bonchev–Trinajstić information content (AvgIpc) is 3.25. The normalized spacial score (nSPS) is 35.9. The number of aliphatic carboxylic acids is 2. The molecule has 0 aromatic carbocycles. The van der Waals surface area contributed by atoms with Crippen LogP contribution in [0.25, 0.3) is 0 Å². The first kappa shape index (κ1) is 55.4. The highest BCUT2D eigenvalue weighted by molar-refractivity contribution is 5.77. The zero-order valence-corrected chi connectivity index (χ0v) is 43.5. The molecule has 4 fully saturated rings. The fourth-order valence-corrected chi connectivity index (χ4v) is 15.8. The number of carbonyl (C=O) groups is 2. The van der Waals surface area contributed by atoms with Crippen molar-refractivity contribution in [2.45, 2.75) is 278 Å². The van der Waals surface area contributed by atoms with E-state index >= 15 is 0 Å². The molecule has 4 saturated carbocycles. The Morgan fingerprint density at radius 2 is 1.08 bits per heavy atom. The SMILES string of the molecule is CC1(C)CCC2(C(=O)O)C(O)CC3(C)C(=CCC4C5(C)CC(O)C(OCCCCCCCCCCCCCCCCCCCCCCCCCCCC(=O)O)C(C)(CO)C5CCC43C)C2C1. The number of fused-ring (bicyclic) bond motifs is 7. The quantitative estimate of drug-likeness (QED) is 0.0341. The Labute approximate surface area is 403 Å². The van der Waals surface area contributed by atoms with Crippen LogP contribution >= 0.6 is 0 Å². The molecule has 0 bridgehead atoms. The molecule has 5 N–H and O–H groups in total. The van der Waals surface area contributed by atoms with Crippen molar-refractivity contribution in [1.82, 2.24) is 0 Å². The van der Waals surface area contributed by atoms with Crippen LogP contribution in [0, 0.1) is 50.2 Å². The Morgan fingerprint density at radius 3 is 1.53 bits per heavy atom. The Bertz CT molecular complexity index is 1530. The number of rotatable bonds is 31. The summed E-state index contributed by atoms with van der Waals surface area (Å²) in [7, 11) is 0. The molecule has 8 nitrogen and oxygen atoms in total. The number of hydrogen-bond acceptors (Lipinski definition) is 6. The molecule has 8 heteroatoms. The van der Waals surface area contributed by atoms with Gasteiger partial charge in [0.1, 0.15) is 5.41 Å². The highest BCUT2D eigenvalue weighted by Crippen LogP contribution is 2.76. The van der Waals surface area contributed by atoms with E-state index in [-0.39, 0.29) is 46.0 Å². The first-order chi connectivity index (χ1) is 31.4. The van der Waals surface area contributed by atoms with Crippen molar-refractivity contribution in [3.05, 3.63) is 11.6 Å². The number of hydrogen-bond donors (Lipinski definition) is 5. The van der Waals surface area contributed by atoms with E-state index in [1.54, 1.807) is 0 Å². The van der Waals surface area contributed by atoms with E-state index in [1.807, 2.05) is 0 Å². The van der Waals surface area contributed by atoms with Crippen molar-refractivity contribution < 1.29 is 39.9 Å². The maximum absolute atomic E-state index is 13.1. The van der Waals surface area contributed by atoms with Gasteiger partial charge in [0, 0.05) is 18.4 Å². The Hall–Kier alpha value is -1.48. The molecule has 0 aliphatic heterocycles. The minimum absolute atomic E-state index is 0.0155. The summed E-state index contributed by atoms with van der Waals surface area (Å²) in [6.07, 6.45) is 39.0. The first-order valence-corrected chi connectivity index (χ1v) is 28.2. The monoisotopic (exact) mass is 927 g/mol. The minimum Gasteiger partial charge on any atom is -0.481 e. The Balaban J connectivity index is 0.926. The van der Waals surface area contributed by atoms with Gasteiger partial charge in [-0.2, -0.15) is 0 Å². The van der Waals surface area contributed by atoms with Crippen LogP contribution in [-0.2, 0) is 14.3 Å². The van der Waals surface area contributed by atoms with Crippen LogP contribution in [0.15, 0.2) is 11.6 Å². The summed E-state index contributed by atoms with van der Waals surface area (Å²) in [4.78, 5) is 23.7. The predicted octanol–water partition coefficient (Wildman–Crippen LogP) is 14.4. The molecule has 0 saturated heterocycles. The highest BCUT2D eigenvalue weighted by Gasteiger charge is 2.72. The number of unbranched alkanes of at least 4 members (excludes halogenated alkanes) is 24. The van der Waals surface area contributed by atoms with Crippen LogP contribution in [-0.4, -0.2) is 69.0 Å². The van der Waals surface area contributed by atoms with Gasteiger partial charge in [0.2, 0.25) is 0 Å². The summed E-state index contributed by atoms with van der Waals surface area (Å²) in [5.74, 6) is -1.25. The lowest BCUT2D eigenvalue weighted by molar-refractivity contribution is -0.257. The van der Waals surface area contributed by atoms with Crippen molar-refractivity contribution >= 4 is 11.9 Å². The fraction of sp³-hybridized carbons (Fsp3) is 0.931. The second-order valence-corrected chi connectivity index (χ2v) is 25.0. The Morgan fingerprint density at radius 1 is 0.606 bits per heavy atom. The maximum atomic E-state index is 13.1.